The fourth-order valence-corrected chi connectivity index (χ4v) is 10.6. The highest BCUT2D eigenvalue weighted by molar-refractivity contribution is 6.25. The average Bonchev–Trinajstić information content (AvgIpc) is 3.96. The van der Waals surface area contributed by atoms with Gasteiger partial charge in [0.1, 0.15) is 0 Å². The van der Waals surface area contributed by atoms with Crippen LogP contribution >= 0.6 is 0 Å². The van der Waals surface area contributed by atoms with E-state index in [1.54, 1.807) is 0 Å². The van der Waals surface area contributed by atoms with E-state index in [2.05, 4.69) is 218 Å². The summed E-state index contributed by atoms with van der Waals surface area (Å²) in [5.41, 5.74) is 21.0. The molecule has 0 amide bonds. The van der Waals surface area contributed by atoms with Crippen LogP contribution in [-0.2, 0) is 5.41 Å². The maximum atomic E-state index is 5.18. The van der Waals surface area contributed by atoms with Crippen LogP contribution in [0, 0.1) is 0 Å². The molecule has 3 heterocycles. The summed E-state index contributed by atoms with van der Waals surface area (Å²) in [6.45, 7) is 4.68. The molecule has 0 bridgehead atoms. The van der Waals surface area contributed by atoms with E-state index >= 15 is 0 Å². The lowest BCUT2D eigenvalue weighted by Gasteiger charge is -2.21. The summed E-state index contributed by atoms with van der Waals surface area (Å²) >= 11 is 0. The fourth-order valence-electron chi connectivity index (χ4n) is 10.6. The van der Waals surface area contributed by atoms with E-state index in [-0.39, 0.29) is 5.41 Å². The van der Waals surface area contributed by atoms with E-state index in [0.29, 0.717) is 0 Å². The first kappa shape index (κ1) is 36.5. The Hall–Kier alpha value is -8.14. The summed E-state index contributed by atoms with van der Waals surface area (Å²) in [4.78, 5) is 10.4. The quantitative estimate of drug-likeness (QED) is 0.167. The van der Waals surface area contributed by atoms with E-state index in [0.717, 1.165) is 33.9 Å². The predicted molar refractivity (Wildman–Crippen MR) is 267 cm³/mol. The number of hydrogen-bond donors (Lipinski definition) is 0. The van der Waals surface area contributed by atoms with Crippen molar-refractivity contribution in [1.29, 1.82) is 0 Å². The third kappa shape index (κ3) is 5.54. The van der Waals surface area contributed by atoms with Crippen LogP contribution in [0.1, 0.15) is 25.0 Å². The molecular weight excluding hydrogens is 775 g/mol. The summed E-state index contributed by atoms with van der Waals surface area (Å²) in [5, 5.41) is 5.19. The number of para-hydroxylation sites is 3. The van der Waals surface area contributed by atoms with Gasteiger partial charge in [-0.15, -0.1) is 0 Å². The lowest BCUT2D eigenvalue weighted by Crippen LogP contribution is -2.14. The predicted octanol–water partition coefficient (Wildman–Crippen LogP) is 15.9. The van der Waals surface area contributed by atoms with E-state index in [4.69, 9.17) is 9.97 Å². The highest BCUT2D eigenvalue weighted by Gasteiger charge is 2.36. The molecule has 13 rings (SSSR count). The van der Waals surface area contributed by atoms with Crippen LogP contribution in [-0.4, -0.2) is 14.4 Å². The van der Waals surface area contributed by atoms with Gasteiger partial charge in [0.05, 0.1) is 27.9 Å². The maximum Gasteiger partial charge on any atom is 0.160 e. The normalized spacial score (nSPS) is 13.0. The smallest absolute Gasteiger partial charge is 0.160 e. The van der Waals surface area contributed by atoms with Gasteiger partial charge in [0.15, 0.2) is 5.82 Å². The standard InChI is InChI=1S/C61H41N3/c1-61(2)53-31-29-43(35-51(53)52-36-45(30-32-54(52)61)60-62-55(38-15-5-3-6-16-38)37-56(63-60)39-17-7-4-8-18-39)41-20-11-19-40(33-41)42-21-12-22-44(34-42)46-24-13-26-49-50-27-14-25-48-47-23-9-10-28-57(47)64(58(46)49)59(48)50/h3-37H,1-2H3. The van der Waals surface area contributed by atoms with Crippen LogP contribution < -0.4 is 0 Å². The summed E-state index contributed by atoms with van der Waals surface area (Å²) < 4.78 is 2.49. The molecule has 0 N–H and O–H groups in total. The van der Waals surface area contributed by atoms with Crippen molar-refractivity contribution in [3.63, 3.8) is 0 Å². The number of aromatic nitrogens is 3. The van der Waals surface area contributed by atoms with Crippen LogP contribution in [0.25, 0.3) is 117 Å². The van der Waals surface area contributed by atoms with Crippen LogP contribution in [0.5, 0.6) is 0 Å². The van der Waals surface area contributed by atoms with Gasteiger partial charge in [-0.3, -0.25) is 0 Å². The van der Waals surface area contributed by atoms with Crippen molar-refractivity contribution in [3.8, 4) is 78.4 Å². The third-order valence-electron chi connectivity index (χ3n) is 13.7. The maximum absolute atomic E-state index is 5.18. The molecule has 0 spiro atoms. The van der Waals surface area contributed by atoms with Gasteiger partial charge >= 0.3 is 0 Å². The Morgan fingerprint density at radius 3 is 1.44 bits per heavy atom. The molecule has 0 radical (unpaired) electrons. The first-order valence-corrected chi connectivity index (χ1v) is 22.1. The molecule has 0 aliphatic heterocycles. The van der Waals surface area contributed by atoms with Crippen LogP contribution in [0.15, 0.2) is 212 Å². The van der Waals surface area contributed by atoms with Crippen molar-refractivity contribution >= 4 is 38.1 Å². The fraction of sp³-hybridized carbons (Fsp3) is 0.0492. The van der Waals surface area contributed by atoms with Crippen molar-refractivity contribution < 1.29 is 0 Å². The molecule has 64 heavy (non-hydrogen) atoms. The Morgan fingerprint density at radius 1 is 0.328 bits per heavy atom. The van der Waals surface area contributed by atoms with Crippen LogP contribution in [0.4, 0.5) is 0 Å². The number of benzene rings is 9. The Bertz CT molecular complexity index is 3740. The first-order chi connectivity index (χ1) is 31.5. The monoisotopic (exact) mass is 815 g/mol. The molecule has 1 aliphatic rings. The highest BCUT2D eigenvalue weighted by Crippen LogP contribution is 2.51. The lowest BCUT2D eigenvalue weighted by molar-refractivity contribution is 0.660. The summed E-state index contributed by atoms with van der Waals surface area (Å²) in [6.07, 6.45) is 0. The Balaban J connectivity index is 0.894. The van der Waals surface area contributed by atoms with Crippen molar-refractivity contribution in [2.75, 3.05) is 0 Å². The van der Waals surface area contributed by atoms with Gasteiger partial charge in [0.25, 0.3) is 0 Å². The lowest BCUT2D eigenvalue weighted by atomic mass is 9.82. The zero-order valence-electron chi connectivity index (χ0n) is 35.5. The Labute approximate surface area is 372 Å². The van der Waals surface area contributed by atoms with Crippen molar-refractivity contribution in [1.82, 2.24) is 14.4 Å². The van der Waals surface area contributed by atoms with Gasteiger partial charge in [-0.1, -0.05) is 190 Å². The summed E-state index contributed by atoms with van der Waals surface area (Å²) in [6, 6.07) is 77.1. The molecule has 0 saturated carbocycles. The van der Waals surface area contributed by atoms with E-state index in [1.807, 2.05) is 12.1 Å². The average molecular weight is 816 g/mol. The van der Waals surface area contributed by atoms with Crippen LogP contribution in [0.3, 0.4) is 0 Å². The van der Waals surface area contributed by atoms with Crippen LogP contribution in [0.2, 0.25) is 0 Å². The second-order valence-electron chi connectivity index (χ2n) is 17.8. The molecule has 3 aromatic heterocycles. The molecular formula is C61H41N3. The van der Waals surface area contributed by atoms with Gasteiger partial charge in [0, 0.05) is 49.2 Å². The van der Waals surface area contributed by atoms with Crippen molar-refractivity contribution in [3.05, 3.63) is 223 Å². The van der Waals surface area contributed by atoms with E-state index in [1.165, 1.54) is 93.7 Å². The van der Waals surface area contributed by atoms with Gasteiger partial charge < -0.3 is 4.40 Å². The molecule has 9 aromatic carbocycles. The number of fused-ring (bicyclic) bond motifs is 9. The molecule has 0 atom stereocenters. The van der Waals surface area contributed by atoms with E-state index < -0.39 is 0 Å². The Morgan fingerprint density at radius 2 is 0.781 bits per heavy atom. The number of hydrogen-bond acceptors (Lipinski definition) is 2. The largest absolute Gasteiger partial charge is 0.307 e. The zero-order chi connectivity index (χ0) is 42.5. The number of nitrogens with zero attached hydrogens (tertiary/aromatic N) is 3. The van der Waals surface area contributed by atoms with Gasteiger partial charge in [-0.05, 0) is 86.5 Å². The minimum Gasteiger partial charge on any atom is -0.307 e. The second kappa shape index (κ2) is 13.9. The van der Waals surface area contributed by atoms with Crippen molar-refractivity contribution in [2.45, 2.75) is 19.3 Å². The van der Waals surface area contributed by atoms with Gasteiger partial charge in [-0.2, -0.15) is 0 Å². The highest BCUT2D eigenvalue weighted by atomic mass is 14.9. The summed E-state index contributed by atoms with van der Waals surface area (Å²) in [7, 11) is 0. The summed E-state index contributed by atoms with van der Waals surface area (Å²) in [5.74, 6) is 0.723. The molecule has 3 nitrogen and oxygen atoms in total. The van der Waals surface area contributed by atoms with E-state index in [9.17, 15) is 0 Å². The number of rotatable bonds is 6. The second-order valence-corrected chi connectivity index (χ2v) is 17.8. The topological polar surface area (TPSA) is 30.2 Å². The molecule has 0 fully saturated rings. The molecule has 0 saturated heterocycles. The molecule has 300 valence electrons. The Kier molecular flexibility index (Phi) is 7.95. The van der Waals surface area contributed by atoms with Gasteiger partial charge in [0.2, 0.25) is 0 Å². The SMILES string of the molecule is CC1(C)c2ccc(-c3cccc(-c4cccc(-c5cccc6c7cccc8c9ccccc9n(c56)c87)c4)c3)cc2-c2cc(-c3nc(-c4ccccc4)cc(-c4ccccc4)n3)ccc21. The molecule has 1 aliphatic carbocycles. The minimum absolute atomic E-state index is 0.149. The first-order valence-electron chi connectivity index (χ1n) is 22.1. The molecule has 3 heteroatoms. The third-order valence-corrected chi connectivity index (χ3v) is 13.7. The van der Waals surface area contributed by atoms with Crippen molar-refractivity contribution in [2.24, 2.45) is 0 Å². The molecule has 12 aromatic rings. The minimum atomic E-state index is -0.149. The molecule has 0 unspecified atom stereocenters. The van der Waals surface area contributed by atoms with Gasteiger partial charge in [-0.25, -0.2) is 9.97 Å². The zero-order valence-corrected chi connectivity index (χ0v) is 35.5.